The predicted octanol–water partition coefficient (Wildman–Crippen LogP) is 1.68. The number of benzene rings is 1. The Morgan fingerprint density at radius 1 is 1.25 bits per heavy atom. The number of anilines is 1. The van der Waals surface area contributed by atoms with Gasteiger partial charge in [0.2, 0.25) is 0 Å². The molecular formula is C18H16N6O3S. The summed E-state index contributed by atoms with van der Waals surface area (Å²) in [6.07, 6.45) is 1.63. The van der Waals surface area contributed by atoms with Crippen molar-refractivity contribution >= 4 is 39.3 Å². The van der Waals surface area contributed by atoms with Gasteiger partial charge >= 0.3 is 5.69 Å². The van der Waals surface area contributed by atoms with E-state index in [9.17, 15) is 14.4 Å². The van der Waals surface area contributed by atoms with Gasteiger partial charge in [0.25, 0.3) is 11.8 Å². The van der Waals surface area contributed by atoms with Crippen LogP contribution in [0, 0.1) is 0 Å². The number of nitrogens with one attached hydrogen (secondary N) is 2. The predicted molar refractivity (Wildman–Crippen MR) is 107 cm³/mol. The van der Waals surface area contributed by atoms with Crippen molar-refractivity contribution in [2.24, 2.45) is 19.8 Å². The fraction of sp³-hybridized carbons (Fsp3) is 0.111. The Labute approximate surface area is 162 Å². The minimum absolute atomic E-state index is 0.204. The number of thiazole rings is 1. The number of para-hydroxylation sites is 1. The summed E-state index contributed by atoms with van der Waals surface area (Å²) in [7, 11) is 3.29. The molecule has 2 amide bonds. The van der Waals surface area contributed by atoms with Crippen LogP contribution in [0.2, 0.25) is 0 Å². The Hall–Kier alpha value is -3.66. The summed E-state index contributed by atoms with van der Waals surface area (Å²) >= 11 is 1.26. The highest BCUT2D eigenvalue weighted by molar-refractivity contribution is 7.14. The second-order valence-corrected chi connectivity index (χ2v) is 7.09. The van der Waals surface area contributed by atoms with E-state index in [2.05, 4.69) is 15.3 Å². The van der Waals surface area contributed by atoms with E-state index >= 15 is 0 Å². The molecule has 3 heterocycles. The normalized spacial score (nSPS) is 11.1. The highest BCUT2D eigenvalue weighted by atomic mass is 32.1. The Morgan fingerprint density at radius 3 is 2.75 bits per heavy atom. The summed E-state index contributed by atoms with van der Waals surface area (Å²) in [5.74, 6) is -0.920. The van der Waals surface area contributed by atoms with Crippen LogP contribution in [0.25, 0.3) is 22.3 Å². The number of H-pyrrole nitrogens is 1. The summed E-state index contributed by atoms with van der Waals surface area (Å²) in [6, 6.07) is 6.78. The first-order valence-electron chi connectivity index (χ1n) is 8.26. The number of fused-ring (bicyclic) bond motifs is 1. The molecule has 0 unspecified atom stereocenters. The van der Waals surface area contributed by atoms with Crippen molar-refractivity contribution in [3.8, 4) is 11.3 Å². The van der Waals surface area contributed by atoms with Crippen molar-refractivity contribution in [1.82, 2.24) is 19.1 Å². The molecule has 0 saturated heterocycles. The number of primary amides is 1. The van der Waals surface area contributed by atoms with Crippen LogP contribution in [-0.2, 0) is 14.1 Å². The first-order valence-corrected chi connectivity index (χ1v) is 9.14. The Bertz CT molecular complexity index is 1290. The molecule has 0 aliphatic rings. The van der Waals surface area contributed by atoms with Crippen LogP contribution in [0.3, 0.4) is 0 Å². The summed E-state index contributed by atoms with van der Waals surface area (Å²) in [6.45, 7) is 0. The highest BCUT2D eigenvalue weighted by Gasteiger charge is 2.18. The highest BCUT2D eigenvalue weighted by Crippen LogP contribution is 2.26. The number of aromatic amines is 1. The molecule has 0 aliphatic heterocycles. The fourth-order valence-corrected chi connectivity index (χ4v) is 3.79. The number of nitrogens with two attached hydrogens (primary N) is 1. The quantitative estimate of drug-likeness (QED) is 0.485. The smallest absolute Gasteiger partial charge is 0.328 e. The van der Waals surface area contributed by atoms with Gasteiger partial charge in [-0.2, -0.15) is 0 Å². The summed E-state index contributed by atoms with van der Waals surface area (Å²) in [4.78, 5) is 43.4. The number of rotatable bonds is 4. The fourth-order valence-electron chi connectivity index (χ4n) is 3.07. The number of imidazole rings is 1. The van der Waals surface area contributed by atoms with Crippen molar-refractivity contribution in [1.29, 1.82) is 0 Å². The number of nitrogens with zero attached hydrogens (tertiary/aromatic N) is 3. The molecule has 0 fully saturated rings. The molecule has 0 bridgehead atoms. The number of amides is 2. The first kappa shape index (κ1) is 17.7. The van der Waals surface area contributed by atoms with Crippen LogP contribution in [0.15, 0.2) is 40.6 Å². The first-order chi connectivity index (χ1) is 13.4. The van der Waals surface area contributed by atoms with Gasteiger partial charge in [0.1, 0.15) is 5.69 Å². The zero-order chi connectivity index (χ0) is 20.0. The van der Waals surface area contributed by atoms with Gasteiger partial charge in [-0.3, -0.25) is 24.0 Å². The molecule has 142 valence electrons. The zero-order valence-corrected chi connectivity index (χ0v) is 15.8. The Kier molecular flexibility index (Phi) is 4.12. The lowest BCUT2D eigenvalue weighted by atomic mass is 10.1. The Morgan fingerprint density at radius 2 is 2.04 bits per heavy atom. The van der Waals surface area contributed by atoms with Gasteiger partial charge in [0.05, 0.1) is 22.3 Å². The Balaban J connectivity index is 1.64. The number of aromatic nitrogens is 4. The third-order valence-corrected chi connectivity index (χ3v) is 5.26. The van der Waals surface area contributed by atoms with Crippen molar-refractivity contribution in [3.63, 3.8) is 0 Å². The molecule has 0 atom stereocenters. The van der Waals surface area contributed by atoms with Gasteiger partial charge < -0.3 is 10.7 Å². The average molecular weight is 396 g/mol. The van der Waals surface area contributed by atoms with Gasteiger partial charge in [-0.05, 0) is 18.2 Å². The largest absolute Gasteiger partial charge is 0.364 e. The number of aryl methyl sites for hydroxylation is 2. The lowest BCUT2D eigenvalue weighted by Crippen LogP contribution is -2.20. The third kappa shape index (κ3) is 2.79. The van der Waals surface area contributed by atoms with Crippen molar-refractivity contribution in [2.75, 3.05) is 5.32 Å². The van der Waals surface area contributed by atoms with Crippen LogP contribution in [-0.4, -0.2) is 30.9 Å². The molecule has 0 radical (unpaired) electrons. The van der Waals surface area contributed by atoms with E-state index in [0.717, 1.165) is 0 Å². The minimum Gasteiger partial charge on any atom is -0.364 e. The van der Waals surface area contributed by atoms with E-state index in [1.807, 2.05) is 0 Å². The van der Waals surface area contributed by atoms with E-state index in [0.29, 0.717) is 33.0 Å². The molecule has 3 aromatic heterocycles. The lowest BCUT2D eigenvalue weighted by molar-refractivity contribution is 0.0994. The molecule has 28 heavy (non-hydrogen) atoms. The maximum atomic E-state index is 12.8. The number of hydrogen-bond donors (Lipinski definition) is 3. The van der Waals surface area contributed by atoms with Crippen molar-refractivity contribution in [2.45, 2.75) is 0 Å². The second kappa shape index (κ2) is 6.50. The van der Waals surface area contributed by atoms with E-state index in [-0.39, 0.29) is 17.3 Å². The van der Waals surface area contributed by atoms with Crippen molar-refractivity contribution in [3.05, 3.63) is 57.6 Å². The molecule has 4 aromatic rings. The lowest BCUT2D eigenvalue weighted by Gasteiger charge is -2.05. The molecule has 1 aromatic carbocycles. The average Bonchev–Trinajstić information content (AvgIpc) is 3.38. The number of carbonyl (C=O) groups is 2. The van der Waals surface area contributed by atoms with Crippen LogP contribution < -0.4 is 16.7 Å². The van der Waals surface area contributed by atoms with E-state index in [4.69, 9.17) is 5.73 Å². The summed E-state index contributed by atoms with van der Waals surface area (Å²) in [5, 5.41) is 4.94. The van der Waals surface area contributed by atoms with Gasteiger partial charge in [-0.25, -0.2) is 9.78 Å². The molecule has 0 aliphatic carbocycles. The number of hydrogen-bond acceptors (Lipinski definition) is 5. The van der Waals surface area contributed by atoms with Crippen molar-refractivity contribution < 1.29 is 9.59 Å². The third-order valence-electron chi connectivity index (χ3n) is 4.50. The van der Waals surface area contributed by atoms with Crippen LogP contribution in [0.1, 0.15) is 20.8 Å². The standard InChI is InChI=1S/C18H16N6O3S/c1-23-13-5-3-4-10(14(13)24(2)18(23)27)16(26)22-17-21-12(8-28-17)9-6-11(15(19)25)20-7-9/h3-8,20H,1-2H3,(H2,19,25)(H,21,22,26). The SMILES string of the molecule is Cn1c(=O)n(C)c2c(C(=O)Nc3nc(-c4c[nH]c(C(N)=O)c4)cs3)cccc21. The van der Waals surface area contributed by atoms with Crippen LogP contribution in [0.5, 0.6) is 0 Å². The minimum atomic E-state index is -0.559. The summed E-state index contributed by atoms with van der Waals surface area (Å²) in [5.41, 5.74) is 8.23. The molecule has 4 rings (SSSR count). The topological polar surface area (TPSA) is 128 Å². The summed E-state index contributed by atoms with van der Waals surface area (Å²) < 4.78 is 2.94. The van der Waals surface area contributed by atoms with Crippen LogP contribution in [0.4, 0.5) is 5.13 Å². The molecule has 9 nitrogen and oxygen atoms in total. The van der Waals surface area contributed by atoms with Gasteiger partial charge in [0.15, 0.2) is 5.13 Å². The van der Waals surface area contributed by atoms with E-state index in [1.54, 1.807) is 49.9 Å². The van der Waals surface area contributed by atoms with Gasteiger partial charge in [0, 0.05) is 31.2 Å². The monoisotopic (exact) mass is 396 g/mol. The van der Waals surface area contributed by atoms with E-state index in [1.165, 1.54) is 20.5 Å². The number of carbonyl (C=O) groups excluding carboxylic acids is 2. The maximum Gasteiger partial charge on any atom is 0.328 e. The zero-order valence-electron chi connectivity index (χ0n) is 15.0. The molecular weight excluding hydrogens is 380 g/mol. The maximum absolute atomic E-state index is 12.8. The van der Waals surface area contributed by atoms with Gasteiger partial charge in [-0.1, -0.05) is 6.07 Å². The second-order valence-electron chi connectivity index (χ2n) is 6.23. The molecule has 4 N–H and O–H groups in total. The van der Waals surface area contributed by atoms with Crippen LogP contribution >= 0.6 is 11.3 Å². The van der Waals surface area contributed by atoms with Gasteiger partial charge in [-0.15, -0.1) is 11.3 Å². The molecule has 10 heteroatoms. The van der Waals surface area contributed by atoms with E-state index < -0.39 is 5.91 Å². The molecule has 0 spiro atoms. The molecule has 0 saturated carbocycles.